The molecule has 3 fully saturated rings. The predicted molar refractivity (Wildman–Crippen MR) is 78.0 cm³/mol. The highest BCUT2D eigenvalue weighted by atomic mass is 16.5. The zero-order valence-corrected chi connectivity index (χ0v) is 12.8. The van der Waals surface area contributed by atoms with Crippen molar-refractivity contribution in [3.8, 4) is 0 Å². The van der Waals surface area contributed by atoms with Crippen LogP contribution in [0.25, 0.3) is 0 Å². The highest BCUT2D eigenvalue weighted by Crippen LogP contribution is 2.58. The van der Waals surface area contributed by atoms with Crippen molar-refractivity contribution >= 4 is 0 Å². The molecule has 2 saturated heterocycles. The van der Waals surface area contributed by atoms with Crippen LogP contribution in [0.15, 0.2) is 0 Å². The second-order valence-electron chi connectivity index (χ2n) is 7.48. The minimum Gasteiger partial charge on any atom is -0.377 e. The van der Waals surface area contributed by atoms with E-state index in [1.54, 1.807) is 0 Å². The van der Waals surface area contributed by atoms with E-state index in [4.69, 9.17) is 10.5 Å². The molecule has 2 aliphatic heterocycles. The van der Waals surface area contributed by atoms with Gasteiger partial charge < -0.3 is 10.5 Å². The first kappa shape index (κ1) is 13.8. The number of fused-ring (bicyclic) bond motifs is 1. The molecule has 0 bridgehead atoms. The number of piperidine rings is 1. The van der Waals surface area contributed by atoms with Crippen molar-refractivity contribution in [3.05, 3.63) is 0 Å². The maximum atomic E-state index is 6.89. The summed E-state index contributed by atoms with van der Waals surface area (Å²) in [5.41, 5.74) is 6.98. The molecular formula is C16H30N2O. The summed E-state index contributed by atoms with van der Waals surface area (Å²) in [5, 5.41) is 0. The Labute approximate surface area is 117 Å². The van der Waals surface area contributed by atoms with Crippen LogP contribution in [0.2, 0.25) is 0 Å². The lowest BCUT2D eigenvalue weighted by Gasteiger charge is -2.64. The zero-order chi connectivity index (χ0) is 13.7. The van der Waals surface area contributed by atoms with Crippen LogP contribution in [-0.4, -0.2) is 42.3 Å². The van der Waals surface area contributed by atoms with Crippen molar-refractivity contribution in [1.82, 2.24) is 4.90 Å². The van der Waals surface area contributed by atoms with Gasteiger partial charge in [-0.2, -0.15) is 0 Å². The van der Waals surface area contributed by atoms with E-state index in [0.29, 0.717) is 12.0 Å². The van der Waals surface area contributed by atoms with Gasteiger partial charge in [-0.1, -0.05) is 27.2 Å². The van der Waals surface area contributed by atoms with E-state index in [1.807, 2.05) is 0 Å². The van der Waals surface area contributed by atoms with E-state index in [-0.39, 0.29) is 11.0 Å². The molecule has 1 saturated carbocycles. The molecule has 3 rings (SSSR count). The summed E-state index contributed by atoms with van der Waals surface area (Å²) in [6.45, 7) is 10.2. The van der Waals surface area contributed by atoms with Crippen molar-refractivity contribution in [2.45, 2.75) is 70.6 Å². The van der Waals surface area contributed by atoms with E-state index >= 15 is 0 Å². The Kier molecular flexibility index (Phi) is 3.43. The molecule has 3 heteroatoms. The van der Waals surface area contributed by atoms with Crippen LogP contribution in [0.1, 0.15) is 52.9 Å². The number of rotatable bonds is 3. The van der Waals surface area contributed by atoms with Gasteiger partial charge in [0.1, 0.15) is 0 Å². The van der Waals surface area contributed by atoms with Crippen molar-refractivity contribution < 1.29 is 4.74 Å². The molecule has 0 aromatic carbocycles. The number of ether oxygens (including phenoxy) is 1. The van der Waals surface area contributed by atoms with Crippen molar-refractivity contribution in [1.29, 1.82) is 0 Å². The number of nitrogens with zero attached hydrogens (tertiary/aromatic N) is 1. The smallest absolute Gasteiger partial charge is 0.0691 e. The van der Waals surface area contributed by atoms with Gasteiger partial charge in [0.25, 0.3) is 0 Å². The van der Waals surface area contributed by atoms with Crippen molar-refractivity contribution in [2.24, 2.45) is 17.1 Å². The van der Waals surface area contributed by atoms with Crippen LogP contribution in [0.3, 0.4) is 0 Å². The van der Waals surface area contributed by atoms with E-state index in [0.717, 1.165) is 25.6 Å². The third-order valence-electron chi connectivity index (χ3n) is 6.35. The van der Waals surface area contributed by atoms with Crippen LogP contribution < -0.4 is 5.73 Å². The quantitative estimate of drug-likeness (QED) is 0.852. The summed E-state index contributed by atoms with van der Waals surface area (Å²) in [5.74, 6) is 0.585. The van der Waals surface area contributed by atoms with Crippen molar-refractivity contribution in [3.63, 3.8) is 0 Å². The maximum absolute atomic E-state index is 6.89. The number of nitrogens with two attached hydrogens (primary N) is 1. The Balaban J connectivity index is 1.74. The molecule has 0 amide bonds. The topological polar surface area (TPSA) is 38.5 Å². The summed E-state index contributed by atoms with van der Waals surface area (Å²) >= 11 is 0. The fourth-order valence-electron chi connectivity index (χ4n) is 4.86. The molecule has 3 nitrogen and oxygen atoms in total. The van der Waals surface area contributed by atoms with E-state index in [9.17, 15) is 0 Å². The Bertz CT molecular complexity index is 344. The molecule has 4 unspecified atom stereocenters. The van der Waals surface area contributed by atoms with E-state index in [2.05, 4.69) is 25.7 Å². The lowest BCUT2D eigenvalue weighted by atomic mass is 9.48. The van der Waals surface area contributed by atoms with Crippen LogP contribution >= 0.6 is 0 Å². The molecule has 110 valence electrons. The summed E-state index contributed by atoms with van der Waals surface area (Å²) in [4.78, 5) is 2.68. The molecule has 1 aliphatic carbocycles. The van der Waals surface area contributed by atoms with Gasteiger partial charge in [0.15, 0.2) is 0 Å². The van der Waals surface area contributed by atoms with Gasteiger partial charge in [0, 0.05) is 36.1 Å². The standard InChI is InChI=1S/C16H30N2O/c1-4-12-7-5-6-9-18(12)11-16(17)13-8-10-19-14(13)15(16,2)3/h12-14H,4-11,17H2,1-3H3. The minimum absolute atomic E-state index is 0.0427. The molecule has 3 aliphatic rings. The number of likely N-dealkylation sites (tertiary alicyclic amines) is 1. The van der Waals surface area contributed by atoms with E-state index in [1.165, 1.54) is 32.2 Å². The van der Waals surface area contributed by atoms with Gasteiger partial charge >= 0.3 is 0 Å². The third-order valence-corrected chi connectivity index (χ3v) is 6.35. The fourth-order valence-corrected chi connectivity index (χ4v) is 4.86. The van der Waals surface area contributed by atoms with Crippen LogP contribution in [0.4, 0.5) is 0 Å². The highest BCUT2D eigenvalue weighted by Gasteiger charge is 2.67. The molecule has 0 radical (unpaired) electrons. The summed E-state index contributed by atoms with van der Waals surface area (Å²) in [6.07, 6.45) is 6.93. The highest BCUT2D eigenvalue weighted by molar-refractivity contribution is 5.21. The molecule has 4 atom stereocenters. The van der Waals surface area contributed by atoms with Gasteiger partial charge in [-0.05, 0) is 32.2 Å². The van der Waals surface area contributed by atoms with Crippen LogP contribution in [0, 0.1) is 11.3 Å². The average Bonchev–Trinajstić information content (AvgIpc) is 2.87. The first-order valence-electron chi connectivity index (χ1n) is 8.15. The molecule has 2 heterocycles. The molecule has 0 aromatic heterocycles. The first-order valence-corrected chi connectivity index (χ1v) is 8.15. The van der Waals surface area contributed by atoms with E-state index < -0.39 is 0 Å². The van der Waals surface area contributed by atoms with Gasteiger partial charge in [-0.3, -0.25) is 4.90 Å². The molecular weight excluding hydrogens is 236 g/mol. The molecule has 0 aromatic rings. The first-order chi connectivity index (χ1) is 9.00. The summed E-state index contributed by atoms with van der Waals surface area (Å²) < 4.78 is 5.91. The summed E-state index contributed by atoms with van der Waals surface area (Å²) in [7, 11) is 0. The lowest BCUT2D eigenvalue weighted by Crippen LogP contribution is -2.78. The number of hydrogen-bond acceptors (Lipinski definition) is 3. The average molecular weight is 266 g/mol. The largest absolute Gasteiger partial charge is 0.377 e. The van der Waals surface area contributed by atoms with Gasteiger partial charge in [0.05, 0.1) is 6.10 Å². The molecule has 19 heavy (non-hydrogen) atoms. The second-order valence-corrected chi connectivity index (χ2v) is 7.48. The fraction of sp³-hybridized carbons (Fsp3) is 1.00. The van der Waals surface area contributed by atoms with Gasteiger partial charge in [-0.15, -0.1) is 0 Å². The Hall–Kier alpha value is -0.120. The third kappa shape index (κ3) is 1.89. The summed E-state index contributed by atoms with van der Waals surface area (Å²) in [6, 6.07) is 0.756. The van der Waals surface area contributed by atoms with Gasteiger partial charge in [0.2, 0.25) is 0 Å². The normalized spacial score (nSPS) is 45.8. The van der Waals surface area contributed by atoms with Crippen LogP contribution in [0.5, 0.6) is 0 Å². The van der Waals surface area contributed by atoms with Crippen LogP contribution in [-0.2, 0) is 4.74 Å². The molecule has 0 spiro atoms. The second kappa shape index (κ2) is 4.71. The minimum atomic E-state index is -0.0427. The molecule has 2 N–H and O–H groups in total. The Morgan fingerprint density at radius 1 is 1.26 bits per heavy atom. The maximum Gasteiger partial charge on any atom is 0.0691 e. The number of hydrogen-bond donors (Lipinski definition) is 1. The monoisotopic (exact) mass is 266 g/mol. The predicted octanol–water partition coefficient (Wildman–Crippen LogP) is 2.39. The zero-order valence-electron chi connectivity index (χ0n) is 12.8. The lowest BCUT2D eigenvalue weighted by molar-refractivity contribution is -0.166. The SMILES string of the molecule is CCC1CCCCN1CC1(N)C2CCOC2C1(C)C. The van der Waals surface area contributed by atoms with Gasteiger partial charge in [-0.25, -0.2) is 0 Å². The Morgan fingerprint density at radius 2 is 2.05 bits per heavy atom. The van der Waals surface area contributed by atoms with Crippen molar-refractivity contribution in [2.75, 3.05) is 19.7 Å². The Morgan fingerprint density at radius 3 is 2.79 bits per heavy atom.